The Morgan fingerprint density at radius 1 is 1.03 bits per heavy atom. The largest absolute Gasteiger partial charge is 0.387 e. The molecule has 4 rings (SSSR count). The highest BCUT2D eigenvalue weighted by molar-refractivity contribution is 6.42. The Bertz CT molecular complexity index is 1330. The van der Waals surface area contributed by atoms with Crippen molar-refractivity contribution in [2.45, 2.75) is 32.0 Å². The zero-order chi connectivity index (χ0) is 26.0. The number of nitrogens with one attached hydrogen (secondary N) is 2. The number of para-hydroxylation sites is 1. The molecule has 1 unspecified atom stereocenters. The standard InChI is InChI=1S/C27H24Cl2FN3O3/c1-14(2)23-18-5-3-4-6-21(18)31-27(36)25(32-23)33-26(35)22(15-7-10-17(30)11-8-15)24(34)16-9-12-19(28)20(29)13-16/h3-14,22,24-25,34H,1-2H3,(H,31,36)(H,33,35)/t22-,24+,25?/m1/s1. The maximum Gasteiger partial charge on any atom is 0.269 e. The summed E-state index contributed by atoms with van der Waals surface area (Å²) in [5.74, 6) is -2.91. The first-order valence-electron chi connectivity index (χ1n) is 11.3. The van der Waals surface area contributed by atoms with Crippen molar-refractivity contribution in [2.75, 3.05) is 5.32 Å². The molecule has 3 aromatic carbocycles. The number of aliphatic hydroxyl groups is 1. The molecule has 0 spiro atoms. The molecule has 9 heteroatoms. The number of nitrogens with zero attached hydrogens (tertiary/aromatic N) is 1. The molecular formula is C27H24Cl2FN3O3. The number of rotatable bonds is 6. The molecule has 3 atom stereocenters. The molecule has 186 valence electrons. The second kappa shape index (κ2) is 10.8. The zero-order valence-corrected chi connectivity index (χ0v) is 21.0. The molecule has 3 N–H and O–H groups in total. The van der Waals surface area contributed by atoms with Crippen LogP contribution in [0.3, 0.4) is 0 Å². The molecule has 1 aliphatic rings. The second-order valence-electron chi connectivity index (χ2n) is 8.76. The minimum Gasteiger partial charge on any atom is -0.387 e. The van der Waals surface area contributed by atoms with Crippen LogP contribution in [-0.2, 0) is 9.59 Å². The summed E-state index contributed by atoms with van der Waals surface area (Å²) in [6.07, 6.45) is -2.61. The summed E-state index contributed by atoms with van der Waals surface area (Å²) in [4.78, 5) is 31.2. The van der Waals surface area contributed by atoms with Crippen LogP contribution >= 0.6 is 23.2 Å². The molecule has 6 nitrogen and oxygen atoms in total. The van der Waals surface area contributed by atoms with Gasteiger partial charge in [0.25, 0.3) is 5.91 Å². The fourth-order valence-corrected chi connectivity index (χ4v) is 4.41. The van der Waals surface area contributed by atoms with Gasteiger partial charge in [-0.05, 0) is 47.4 Å². The smallest absolute Gasteiger partial charge is 0.269 e. The van der Waals surface area contributed by atoms with Gasteiger partial charge in [0.2, 0.25) is 12.1 Å². The van der Waals surface area contributed by atoms with Crippen LogP contribution in [0.15, 0.2) is 71.7 Å². The molecule has 36 heavy (non-hydrogen) atoms. The van der Waals surface area contributed by atoms with E-state index in [4.69, 9.17) is 23.2 Å². The first-order valence-corrected chi connectivity index (χ1v) is 12.1. The normalized spacial score (nSPS) is 16.9. The van der Waals surface area contributed by atoms with E-state index in [0.29, 0.717) is 27.5 Å². The molecule has 0 aliphatic carbocycles. The van der Waals surface area contributed by atoms with Crippen molar-refractivity contribution in [3.8, 4) is 0 Å². The zero-order valence-electron chi connectivity index (χ0n) is 19.5. The molecule has 1 heterocycles. The molecule has 0 saturated carbocycles. The number of fused-ring (bicyclic) bond motifs is 1. The minimum atomic E-state index is -1.37. The molecule has 0 fully saturated rings. The van der Waals surface area contributed by atoms with Crippen molar-refractivity contribution >= 4 is 46.4 Å². The summed E-state index contributed by atoms with van der Waals surface area (Å²) in [6, 6.07) is 17.0. The number of hydrogen-bond donors (Lipinski definition) is 3. The van der Waals surface area contributed by atoms with Crippen molar-refractivity contribution in [2.24, 2.45) is 10.9 Å². The average molecular weight is 528 g/mol. The Morgan fingerprint density at radius 2 is 1.69 bits per heavy atom. The number of halogens is 3. The Hall–Kier alpha value is -3.26. The third kappa shape index (κ3) is 5.43. The van der Waals surface area contributed by atoms with Crippen molar-refractivity contribution in [1.82, 2.24) is 5.32 Å². The van der Waals surface area contributed by atoms with E-state index in [1.807, 2.05) is 26.0 Å². The number of aliphatic hydroxyl groups excluding tert-OH is 1. The monoisotopic (exact) mass is 527 g/mol. The van der Waals surface area contributed by atoms with Gasteiger partial charge in [0, 0.05) is 17.0 Å². The number of hydrogen-bond acceptors (Lipinski definition) is 4. The van der Waals surface area contributed by atoms with Crippen LogP contribution < -0.4 is 10.6 Å². The number of aliphatic imine (C=N–C) groups is 1. The number of anilines is 1. The van der Waals surface area contributed by atoms with Crippen LogP contribution in [0, 0.1) is 11.7 Å². The lowest BCUT2D eigenvalue weighted by molar-refractivity contribution is -0.129. The quantitative estimate of drug-likeness (QED) is 0.395. The van der Waals surface area contributed by atoms with E-state index < -0.39 is 35.8 Å². The van der Waals surface area contributed by atoms with E-state index in [9.17, 15) is 19.1 Å². The minimum absolute atomic E-state index is 0.0343. The predicted octanol–water partition coefficient (Wildman–Crippen LogP) is 5.49. The van der Waals surface area contributed by atoms with E-state index in [-0.39, 0.29) is 10.9 Å². The number of amides is 2. The molecule has 0 saturated heterocycles. The molecule has 2 amide bonds. The molecule has 3 aromatic rings. The second-order valence-corrected chi connectivity index (χ2v) is 9.58. The van der Waals surface area contributed by atoms with Crippen LogP contribution in [0.1, 0.15) is 42.6 Å². The Labute approximate surface area is 218 Å². The van der Waals surface area contributed by atoms with Gasteiger partial charge in [-0.25, -0.2) is 4.39 Å². The third-order valence-electron chi connectivity index (χ3n) is 5.92. The van der Waals surface area contributed by atoms with Crippen molar-refractivity contribution in [3.05, 3.63) is 99.3 Å². The molecule has 0 aromatic heterocycles. The van der Waals surface area contributed by atoms with Gasteiger partial charge in [-0.3, -0.25) is 14.6 Å². The number of benzene rings is 3. The fraction of sp³-hybridized carbons (Fsp3) is 0.222. The van der Waals surface area contributed by atoms with Gasteiger partial charge in [0.05, 0.1) is 22.1 Å². The van der Waals surface area contributed by atoms with Crippen molar-refractivity contribution in [3.63, 3.8) is 0 Å². The maximum atomic E-state index is 13.6. The van der Waals surface area contributed by atoms with Crippen LogP contribution in [-0.4, -0.2) is 28.8 Å². The van der Waals surface area contributed by atoms with E-state index in [1.165, 1.54) is 36.4 Å². The van der Waals surface area contributed by atoms with Crippen LogP contribution in [0.2, 0.25) is 10.0 Å². The van der Waals surface area contributed by atoms with Gasteiger partial charge in [0.1, 0.15) is 5.82 Å². The van der Waals surface area contributed by atoms with Gasteiger partial charge in [-0.2, -0.15) is 0 Å². The Kier molecular flexibility index (Phi) is 7.73. The molecular weight excluding hydrogens is 504 g/mol. The molecule has 1 aliphatic heterocycles. The maximum absolute atomic E-state index is 13.6. The molecule has 0 bridgehead atoms. The van der Waals surface area contributed by atoms with Crippen molar-refractivity contribution < 1.29 is 19.1 Å². The summed E-state index contributed by atoms with van der Waals surface area (Å²) in [6.45, 7) is 3.89. The van der Waals surface area contributed by atoms with Gasteiger partial charge >= 0.3 is 0 Å². The lowest BCUT2D eigenvalue weighted by Crippen LogP contribution is -2.45. The van der Waals surface area contributed by atoms with Gasteiger partial charge < -0.3 is 15.7 Å². The summed E-state index contributed by atoms with van der Waals surface area (Å²) >= 11 is 12.1. The lowest BCUT2D eigenvalue weighted by Gasteiger charge is -2.25. The lowest BCUT2D eigenvalue weighted by atomic mass is 9.88. The van der Waals surface area contributed by atoms with Crippen LogP contribution in [0.25, 0.3) is 0 Å². The Balaban J connectivity index is 1.70. The van der Waals surface area contributed by atoms with Crippen LogP contribution in [0.5, 0.6) is 0 Å². The summed E-state index contributed by atoms with van der Waals surface area (Å²) in [7, 11) is 0. The molecule has 0 radical (unpaired) electrons. The average Bonchev–Trinajstić information content (AvgIpc) is 2.98. The van der Waals surface area contributed by atoms with Crippen molar-refractivity contribution in [1.29, 1.82) is 0 Å². The predicted molar refractivity (Wildman–Crippen MR) is 139 cm³/mol. The van der Waals surface area contributed by atoms with Crippen LogP contribution in [0.4, 0.5) is 10.1 Å². The first-order chi connectivity index (χ1) is 17.2. The fourth-order valence-electron chi connectivity index (χ4n) is 4.10. The van der Waals surface area contributed by atoms with Gasteiger partial charge in [0.15, 0.2) is 0 Å². The highest BCUT2D eigenvalue weighted by Crippen LogP contribution is 2.35. The van der Waals surface area contributed by atoms with E-state index in [2.05, 4.69) is 15.6 Å². The highest BCUT2D eigenvalue weighted by atomic mass is 35.5. The number of benzodiazepines with no additional fused rings is 1. The van der Waals surface area contributed by atoms with E-state index in [1.54, 1.807) is 18.2 Å². The summed E-state index contributed by atoms with van der Waals surface area (Å²) < 4.78 is 13.6. The number of carbonyl (C=O) groups is 2. The SMILES string of the molecule is CC(C)C1=NC(NC(=O)[C@H](c2ccc(F)cc2)[C@@H](O)c2ccc(Cl)c(Cl)c2)C(=O)Nc2ccccc21. The van der Waals surface area contributed by atoms with Gasteiger partial charge in [-0.15, -0.1) is 0 Å². The topological polar surface area (TPSA) is 90.8 Å². The third-order valence-corrected chi connectivity index (χ3v) is 6.65. The van der Waals surface area contributed by atoms with E-state index >= 15 is 0 Å². The number of carbonyl (C=O) groups excluding carboxylic acids is 2. The van der Waals surface area contributed by atoms with Gasteiger partial charge in [-0.1, -0.05) is 73.4 Å². The highest BCUT2D eigenvalue weighted by Gasteiger charge is 2.34. The van der Waals surface area contributed by atoms with E-state index in [0.717, 1.165) is 5.56 Å². The first kappa shape index (κ1) is 25.8. The Morgan fingerprint density at radius 3 is 2.36 bits per heavy atom. The summed E-state index contributed by atoms with van der Waals surface area (Å²) in [5.41, 5.74) is 2.69. The summed E-state index contributed by atoms with van der Waals surface area (Å²) in [5, 5.41) is 17.2.